The van der Waals surface area contributed by atoms with Crippen molar-refractivity contribution in [3.8, 4) is 33.6 Å². The summed E-state index contributed by atoms with van der Waals surface area (Å²) in [6.07, 6.45) is 0.994. The molecule has 0 saturated carbocycles. The second kappa shape index (κ2) is 9.24. The maximum atomic E-state index is 14.9. The fraction of sp³-hybridized carbons (Fsp3) is 0.250. The van der Waals surface area contributed by atoms with Gasteiger partial charge in [-0.1, -0.05) is 12.1 Å². The number of pyridine rings is 1. The van der Waals surface area contributed by atoms with Crippen LogP contribution in [0.3, 0.4) is 0 Å². The minimum Gasteiger partial charge on any atom is -0.465 e. The fourth-order valence-electron chi connectivity index (χ4n) is 4.32. The molecule has 5 rings (SSSR count). The number of hydrogen-bond acceptors (Lipinski definition) is 4. The molecule has 0 radical (unpaired) electrons. The highest BCUT2D eigenvalue weighted by Crippen LogP contribution is 2.39. The maximum absolute atomic E-state index is 14.9. The smallest absolute Gasteiger partial charge is 0.404 e. The van der Waals surface area contributed by atoms with E-state index in [0.717, 1.165) is 24.1 Å². The highest BCUT2D eigenvalue weighted by molar-refractivity contribution is 5.84. The van der Waals surface area contributed by atoms with Crippen LogP contribution in [0.4, 0.5) is 18.0 Å². The van der Waals surface area contributed by atoms with Gasteiger partial charge in [0.15, 0.2) is 0 Å². The van der Waals surface area contributed by atoms with E-state index in [4.69, 9.17) is 5.11 Å². The highest BCUT2D eigenvalue weighted by Gasteiger charge is 2.26. The average molecular weight is 482 g/mol. The number of carbonyl (C=O) groups is 1. The Morgan fingerprint density at radius 1 is 1.20 bits per heavy atom. The molecule has 3 aromatic heterocycles. The van der Waals surface area contributed by atoms with E-state index >= 15 is 0 Å². The summed E-state index contributed by atoms with van der Waals surface area (Å²) >= 11 is 0. The van der Waals surface area contributed by atoms with E-state index in [9.17, 15) is 18.0 Å². The van der Waals surface area contributed by atoms with Crippen molar-refractivity contribution in [3.63, 3.8) is 0 Å². The van der Waals surface area contributed by atoms with Crippen LogP contribution in [-0.2, 0) is 19.5 Å². The summed E-state index contributed by atoms with van der Waals surface area (Å²) in [7, 11) is 0. The Morgan fingerprint density at radius 3 is 2.86 bits per heavy atom. The molecule has 11 heteroatoms. The number of benzene rings is 1. The minimum atomic E-state index is -2.70. The van der Waals surface area contributed by atoms with Gasteiger partial charge in [0.1, 0.15) is 17.2 Å². The molecule has 0 fully saturated rings. The van der Waals surface area contributed by atoms with Gasteiger partial charge in [-0.25, -0.2) is 22.9 Å². The quantitative estimate of drug-likeness (QED) is 0.396. The Hall–Kier alpha value is -4.15. The third kappa shape index (κ3) is 4.48. The Labute approximate surface area is 198 Å². The number of hydrogen-bond donors (Lipinski definition) is 2. The number of aryl methyl sites for hydroxylation is 1. The molecule has 0 spiro atoms. The van der Waals surface area contributed by atoms with Gasteiger partial charge < -0.3 is 10.4 Å². The van der Waals surface area contributed by atoms with Gasteiger partial charge in [0.05, 0.1) is 18.4 Å². The van der Waals surface area contributed by atoms with E-state index in [-0.39, 0.29) is 12.2 Å². The lowest BCUT2D eigenvalue weighted by Crippen LogP contribution is -2.25. The van der Waals surface area contributed by atoms with Crippen LogP contribution in [0.5, 0.6) is 0 Å². The van der Waals surface area contributed by atoms with E-state index in [2.05, 4.69) is 20.5 Å². The first kappa shape index (κ1) is 22.6. The van der Waals surface area contributed by atoms with Crippen molar-refractivity contribution in [2.24, 2.45) is 0 Å². The van der Waals surface area contributed by atoms with Crippen LogP contribution in [0, 0.1) is 5.82 Å². The molecule has 180 valence electrons. The Morgan fingerprint density at radius 2 is 2.06 bits per heavy atom. The third-order valence-corrected chi connectivity index (χ3v) is 5.89. The monoisotopic (exact) mass is 482 g/mol. The zero-order valence-corrected chi connectivity index (χ0v) is 18.5. The summed E-state index contributed by atoms with van der Waals surface area (Å²) in [5.74, 6) is -0.444. The molecular weight excluding hydrogens is 461 g/mol. The molecule has 0 saturated heterocycles. The largest absolute Gasteiger partial charge is 0.465 e. The zero-order chi connectivity index (χ0) is 24.5. The van der Waals surface area contributed by atoms with Crippen LogP contribution in [-0.4, -0.2) is 42.3 Å². The fourth-order valence-corrected chi connectivity index (χ4v) is 4.32. The summed E-state index contributed by atoms with van der Waals surface area (Å²) in [5, 5.41) is 19.8. The number of nitrogens with zero attached hydrogens (tertiary/aromatic N) is 5. The molecular formula is C24H21F3N6O2. The second-order valence-corrected chi connectivity index (χ2v) is 8.16. The Bertz CT molecular complexity index is 1400. The van der Waals surface area contributed by atoms with Crippen molar-refractivity contribution in [2.45, 2.75) is 32.4 Å². The number of halogens is 3. The lowest BCUT2D eigenvalue weighted by Gasteiger charge is -2.09. The van der Waals surface area contributed by atoms with Crippen molar-refractivity contribution in [2.75, 3.05) is 6.54 Å². The van der Waals surface area contributed by atoms with Crippen LogP contribution in [0.1, 0.15) is 24.2 Å². The Balaban J connectivity index is 1.55. The maximum Gasteiger partial charge on any atom is 0.404 e. The molecule has 2 N–H and O–H groups in total. The van der Waals surface area contributed by atoms with Gasteiger partial charge in [-0.2, -0.15) is 10.2 Å². The number of rotatable bonds is 7. The topological polar surface area (TPSA) is 97.9 Å². The summed E-state index contributed by atoms with van der Waals surface area (Å²) in [6, 6.07) is 9.16. The first-order valence-corrected chi connectivity index (χ1v) is 11.1. The molecule has 0 bridgehead atoms. The number of nitrogens with one attached hydrogen (secondary N) is 1. The average Bonchev–Trinajstić information content (AvgIpc) is 3.56. The summed E-state index contributed by atoms with van der Waals surface area (Å²) in [6.45, 7) is 1.17. The van der Waals surface area contributed by atoms with Crippen molar-refractivity contribution in [3.05, 3.63) is 66.0 Å². The lowest BCUT2D eigenvalue weighted by molar-refractivity contribution is 0.146. The van der Waals surface area contributed by atoms with E-state index in [1.165, 1.54) is 29.1 Å². The van der Waals surface area contributed by atoms with E-state index in [1.54, 1.807) is 24.4 Å². The van der Waals surface area contributed by atoms with Gasteiger partial charge in [0, 0.05) is 41.7 Å². The van der Waals surface area contributed by atoms with Crippen LogP contribution < -0.4 is 5.32 Å². The number of amides is 1. The van der Waals surface area contributed by atoms with Crippen LogP contribution in [0.25, 0.3) is 33.6 Å². The van der Waals surface area contributed by atoms with Gasteiger partial charge >= 0.3 is 6.09 Å². The van der Waals surface area contributed by atoms with Crippen molar-refractivity contribution < 1.29 is 23.1 Å². The van der Waals surface area contributed by atoms with Crippen molar-refractivity contribution >= 4 is 6.09 Å². The van der Waals surface area contributed by atoms with Gasteiger partial charge in [-0.3, -0.25) is 9.36 Å². The van der Waals surface area contributed by atoms with Crippen molar-refractivity contribution in [1.82, 2.24) is 29.9 Å². The first-order chi connectivity index (χ1) is 16.9. The van der Waals surface area contributed by atoms with Crippen LogP contribution in [0.15, 0.2) is 48.8 Å². The first-order valence-electron chi connectivity index (χ1n) is 11.1. The number of alkyl halides is 2. The normalized spacial score (nSPS) is 12.8. The summed E-state index contributed by atoms with van der Waals surface area (Å²) in [4.78, 5) is 14.8. The molecule has 1 aliphatic rings. The zero-order valence-electron chi connectivity index (χ0n) is 18.5. The van der Waals surface area contributed by atoms with E-state index in [0.29, 0.717) is 41.2 Å². The number of carboxylic acid groups (broad SMARTS) is 1. The van der Waals surface area contributed by atoms with E-state index < -0.39 is 18.3 Å². The minimum absolute atomic E-state index is 0.162. The predicted octanol–water partition coefficient (Wildman–Crippen LogP) is 4.77. The molecule has 4 aromatic rings. The SMILES string of the molecule is O=C(O)NCCn1cc(-c2cc(-c3c(-c4cccc(C(F)F)n4)nn4c3CCC4)ccc2F)cn1. The molecule has 0 atom stereocenters. The molecule has 8 nitrogen and oxygen atoms in total. The lowest BCUT2D eigenvalue weighted by atomic mass is 9.96. The molecule has 1 aromatic carbocycles. The number of aromatic nitrogens is 5. The molecule has 0 aliphatic carbocycles. The predicted molar refractivity (Wildman–Crippen MR) is 121 cm³/mol. The third-order valence-electron chi connectivity index (χ3n) is 5.89. The molecule has 1 amide bonds. The molecule has 4 heterocycles. The number of fused-ring (bicyclic) bond motifs is 1. The standard InChI is InChI=1S/C24H21F3N6O2/c25-17-7-6-14(11-16(17)15-12-29-32(13-15)10-8-28-24(34)35)21-20-5-2-9-33(20)31-22(21)18-3-1-4-19(30-18)23(26)27/h1,3-4,6-7,11-13,23,28H,2,5,8-10H2,(H,34,35). The van der Waals surface area contributed by atoms with E-state index in [1.807, 2.05) is 4.68 Å². The van der Waals surface area contributed by atoms with Gasteiger partial charge in [-0.15, -0.1) is 0 Å². The van der Waals surface area contributed by atoms with Crippen molar-refractivity contribution in [1.29, 1.82) is 0 Å². The van der Waals surface area contributed by atoms with Crippen LogP contribution in [0.2, 0.25) is 0 Å². The Kier molecular flexibility index (Phi) is 5.98. The molecule has 1 aliphatic heterocycles. The van der Waals surface area contributed by atoms with Gasteiger partial charge in [0.25, 0.3) is 6.43 Å². The van der Waals surface area contributed by atoms with Gasteiger partial charge in [-0.05, 0) is 42.7 Å². The second-order valence-electron chi connectivity index (χ2n) is 8.16. The summed E-state index contributed by atoms with van der Waals surface area (Å²) in [5.41, 5.74) is 3.74. The van der Waals surface area contributed by atoms with Gasteiger partial charge in [0.2, 0.25) is 0 Å². The molecule has 0 unspecified atom stereocenters. The molecule has 35 heavy (non-hydrogen) atoms. The van der Waals surface area contributed by atoms with Crippen LogP contribution >= 0.6 is 0 Å². The highest BCUT2D eigenvalue weighted by atomic mass is 19.3. The summed E-state index contributed by atoms with van der Waals surface area (Å²) < 4.78 is 44.8.